The summed E-state index contributed by atoms with van der Waals surface area (Å²) in [6, 6.07) is 0. The van der Waals surface area contributed by atoms with Crippen LogP contribution in [-0.2, 0) is 6.54 Å². The highest BCUT2D eigenvalue weighted by Gasteiger charge is 2.32. The van der Waals surface area contributed by atoms with Gasteiger partial charge in [-0.1, -0.05) is 18.0 Å². The minimum Gasteiger partial charge on any atom is -0.340 e. The zero-order valence-electron chi connectivity index (χ0n) is 9.95. The fourth-order valence-electron chi connectivity index (χ4n) is 2.29. The van der Waals surface area contributed by atoms with Crippen LogP contribution in [0.5, 0.6) is 0 Å². The van der Waals surface area contributed by atoms with Crippen LogP contribution in [-0.4, -0.2) is 27.7 Å². The van der Waals surface area contributed by atoms with Crippen LogP contribution in [0.15, 0.2) is 4.52 Å². The Morgan fingerprint density at radius 3 is 2.75 bits per heavy atom. The molecular weight excluding hydrogens is 222 g/mol. The van der Waals surface area contributed by atoms with E-state index in [0.29, 0.717) is 17.2 Å². The molecule has 1 fully saturated rings. The third-order valence-electron chi connectivity index (χ3n) is 3.25. The van der Waals surface area contributed by atoms with Gasteiger partial charge in [0, 0.05) is 18.2 Å². The third kappa shape index (κ3) is 2.77. The van der Waals surface area contributed by atoms with Crippen LogP contribution in [0, 0.1) is 6.92 Å². The van der Waals surface area contributed by atoms with Crippen molar-refractivity contribution in [1.29, 1.82) is 0 Å². The minimum absolute atomic E-state index is 0.443. The van der Waals surface area contributed by atoms with Gasteiger partial charge in [-0.3, -0.25) is 0 Å². The summed E-state index contributed by atoms with van der Waals surface area (Å²) in [4.78, 5) is 4.18. The van der Waals surface area contributed by atoms with Crippen molar-refractivity contribution in [3.05, 3.63) is 11.7 Å². The summed E-state index contributed by atoms with van der Waals surface area (Å²) < 4.78 is 5.38. The molecule has 2 rings (SSSR count). The van der Waals surface area contributed by atoms with Gasteiger partial charge in [-0.25, -0.2) is 0 Å². The summed E-state index contributed by atoms with van der Waals surface area (Å²) in [5.41, 5.74) is 0. The molecule has 1 saturated carbocycles. The molecule has 1 heterocycles. The maximum absolute atomic E-state index is 4.93. The predicted molar refractivity (Wildman–Crippen MR) is 65.5 cm³/mol. The molecule has 0 aromatic carbocycles. The second-order valence-electron chi connectivity index (χ2n) is 4.43. The van der Waals surface area contributed by atoms with E-state index in [2.05, 4.69) is 21.7 Å². The molecular formula is C11H19N3OS. The van der Waals surface area contributed by atoms with Gasteiger partial charge in [-0.2, -0.15) is 16.7 Å². The zero-order chi connectivity index (χ0) is 11.4. The van der Waals surface area contributed by atoms with E-state index in [0.717, 1.165) is 12.4 Å². The largest absolute Gasteiger partial charge is 0.340 e. The number of nitrogens with one attached hydrogen (secondary N) is 1. The van der Waals surface area contributed by atoms with Gasteiger partial charge in [0.05, 0.1) is 6.54 Å². The van der Waals surface area contributed by atoms with Gasteiger partial charge < -0.3 is 9.84 Å². The predicted octanol–water partition coefficient (Wildman–Crippen LogP) is 2.14. The van der Waals surface area contributed by atoms with Crippen molar-refractivity contribution < 1.29 is 4.52 Å². The third-order valence-corrected chi connectivity index (χ3v) is 4.67. The van der Waals surface area contributed by atoms with Crippen LogP contribution in [0.4, 0.5) is 0 Å². The number of nitrogens with zero attached hydrogens (tertiary/aromatic N) is 2. The Bertz CT molecular complexity index is 334. The standard InChI is InChI=1S/C11H19N3OS/c1-9-13-10(14-15-9)7-12-8-11(16-2)5-3-4-6-11/h12H,3-8H2,1-2H3. The van der Waals surface area contributed by atoms with Gasteiger partial charge in [0.15, 0.2) is 5.82 Å². The fraction of sp³-hybridized carbons (Fsp3) is 0.818. The first kappa shape index (κ1) is 11.9. The molecule has 0 aliphatic heterocycles. The lowest BCUT2D eigenvalue weighted by atomic mass is 10.1. The Labute approximate surface area is 101 Å². The van der Waals surface area contributed by atoms with E-state index in [1.807, 2.05) is 18.7 Å². The lowest BCUT2D eigenvalue weighted by molar-refractivity contribution is 0.384. The van der Waals surface area contributed by atoms with E-state index in [1.165, 1.54) is 25.7 Å². The molecule has 5 heteroatoms. The number of aryl methyl sites for hydroxylation is 1. The highest BCUT2D eigenvalue weighted by atomic mass is 32.2. The van der Waals surface area contributed by atoms with Gasteiger partial charge >= 0.3 is 0 Å². The second kappa shape index (κ2) is 5.19. The van der Waals surface area contributed by atoms with Crippen molar-refractivity contribution >= 4 is 11.8 Å². The first-order valence-corrected chi connectivity index (χ1v) is 7.02. The Kier molecular flexibility index (Phi) is 3.86. The topological polar surface area (TPSA) is 51.0 Å². The van der Waals surface area contributed by atoms with Crippen molar-refractivity contribution in [2.24, 2.45) is 0 Å². The first-order chi connectivity index (χ1) is 7.74. The molecule has 1 aliphatic carbocycles. The quantitative estimate of drug-likeness (QED) is 0.856. The summed E-state index contributed by atoms with van der Waals surface area (Å²) in [7, 11) is 0. The van der Waals surface area contributed by atoms with E-state index < -0.39 is 0 Å². The number of aromatic nitrogens is 2. The molecule has 0 unspecified atom stereocenters. The molecule has 0 radical (unpaired) electrons. The molecule has 1 aliphatic rings. The summed E-state index contributed by atoms with van der Waals surface area (Å²) in [6.45, 7) is 3.57. The molecule has 90 valence electrons. The highest BCUT2D eigenvalue weighted by Crippen LogP contribution is 2.39. The van der Waals surface area contributed by atoms with Gasteiger partial charge in [-0.05, 0) is 19.1 Å². The van der Waals surface area contributed by atoms with Crippen molar-refractivity contribution in [2.75, 3.05) is 12.8 Å². The van der Waals surface area contributed by atoms with E-state index in [4.69, 9.17) is 4.52 Å². The number of thioether (sulfide) groups is 1. The Morgan fingerprint density at radius 1 is 1.44 bits per heavy atom. The van der Waals surface area contributed by atoms with Crippen molar-refractivity contribution in [3.8, 4) is 0 Å². The normalized spacial score (nSPS) is 19.1. The first-order valence-electron chi connectivity index (χ1n) is 5.79. The molecule has 16 heavy (non-hydrogen) atoms. The molecule has 4 nitrogen and oxygen atoms in total. The number of rotatable bonds is 5. The van der Waals surface area contributed by atoms with Crippen LogP contribution in [0.25, 0.3) is 0 Å². The molecule has 0 atom stereocenters. The van der Waals surface area contributed by atoms with Gasteiger partial charge in [0.25, 0.3) is 0 Å². The Hall–Kier alpha value is -0.550. The average molecular weight is 241 g/mol. The van der Waals surface area contributed by atoms with Crippen LogP contribution in [0.1, 0.15) is 37.4 Å². The fourth-order valence-corrected chi connectivity index (χ4v) is 3.23. The van der Waals surface area contributed by atoms with E-state index in [-0.39, 0.29) is 0 Å². The van der Waals surface area contributed by atoms with E-state index in [1.54, 1.807) is 0 Å². The summed E-state index contributed by atoms with van der Waals surface area (Å²) >= 11 is 1.99. The number of hydrogen-bond donors (Lipinski definition) is 1. The summed E-state index contributed by atoms with van der Waals surface area (Å²) in [5.74, 6) is 1.39. The summed E-state index contributed by atoms with van der Waals surface area (Å²) in [5, 5.41) is 7.32. The van der Waals surface area contributed by atoms with Crippen LogP contribution in [0.3, 0.4) is 0 Å². The minimum atomic E-state index is 0.443. The lowest BCUT2D eigenvalue weighted by Crippen LogP contribution is -2.34. The zero-order valence-corrected chi connectivity index (χ0v) is 10.8. The maximum atomic E-state index is 4.93. The van der Waals surface area contributed by atoms with Gasteiger partial charge in [-0.15, -0.1) is 0 Å². The molecule has 0 saturated heterocycles. The van der Waals surface area contributed by atoms with E-state index >= 15 is 0 Å². The van der Waals surface area contributed by atoms with E-state index in [9.17, 15) is 0 Å². The van der Waals surface area contributed by atoms with Crippen molar-refractivity contribution in [3.63, 3.8) is 0 Å². The molecule has 0 bridgehead atoms. The Morgan fingerprint density at radius 2 is 2.19 bits per heavy atom. The molecule has 1 aromatic heterocycles. The van der Waals surface area contributed by atoms with Crippen LogP contribution >= 0.6 is 11.8 Å². The number of hydrogen-bond acceptors (Lipinski definition) is 5. The molecule has 1 N–H and O–H groups in total. The molecule has 0 amide bonds. The molecule has 0 spiro atoms. The molecule has 1 aromatic rings. The Balaban J connectivity index is 1.78. The van der Waals surface area contributed by atoms with Gasteiger partial charge in [0.1, 0.15) is 0 Å². The van der Waals surface area contributed by atoms with Crippen LogP contribution < -0.4 is 5.32 Å². The van der Waals surface area contributed by atoms with Crippen LogP contribution in [0.2, 0.25) is 0 Å². The maximum Gasteiger partial charge on any atom is 0.223 e. The average Bonchev–Trinajstić information content (AvgIpc) is 2.89. The smallest absolute Gasteiger partial charge is 0.223 e. The lowest BCUT2D eigenvalue weighted by Gasteiger charge is -2.26. The van der Waals surface area contributed by atoms with Gasteiger partial charge in [0.2, 0.25) is 5.89 Å². The van der Waals surface area contributed by atoms with Crippen molar-refractivity contribution in [1.82, 2.24) is 15.5 Å². The summed E-state index contributed by atoms with van der Waals surface area (Å²) in [6.07, 6.45) is 7.60. The SMILES string of the molecule is CSC1(CNCc2noc(C)n2)CCCC1. The highest BCUT2D eigenvalue weighted by molar-refractivity contribution is 8.00. The monoisotopic (exact) mass is 241 g/mol. The van der Waals surface area contributed by atoms with Crippen molar-refractivity contribution in [2.45, 2.75) is 43.9 Å². The second-order valence-corrected chi connectivity index (χ2v) is 5.70.